The number of benzene rings is 8. The number of para-hydroxylation sites is 1. The van der Waals surface area contributed by atoms with Crippen LogP contribution in [0.3, 0.4) is 0 Å². The lowest BCUT2D eigenvalue weighted by molar-refractivity contribution is 1.18. The van der Waals surface area contributed by atoms with Crippen molar-refractivity contribution in [3.05, 3.63) is 212 Å². The van der Waals surface area contributed by atoms with Gasteiger partial charge in [-0.25, -0.2) is 15.0 Å². The van der Waals surface area contributed by atoms with Crippen LogP contribution < -0.4 is 0 Å². The summed E-state index contributed by atoms with van der Waals surface area (Å²) in [4.78, 5) is 16.0. The fraction of sp³-hybridized carbons (Fsp3) is 0. The van der Waals surface area contributed by atoms with Gasteiger partial charge in [-0.1, -0.05) is 194 Å². The lowest BCUT2D eigenvalue weighted by Gasteiger charge is -2.13. The smallest absolute Gasteiger partial charge is 0.160 e. The Morgan fingerprint density at radius 3 is 1.49 bits per heavy atom. The normalized spacial score (nSPS) is 11.4. The zero-order valence-electron chi connectivity index (χ0n) is 32.0. The van der Waals surface area contributed by atoms with Crippen LogP contribution in [-0.4, -0.2) is 15.0 Å². The molecule has 0 radical (unpaired) electrons. The summed E-state index contributed by atoms with van der Waals surface area (Å²) in [5, 5.41) is 3.67. The van der Waals surface area contributed by atoms with Crippen LogP contribution in [-0.2, 0) is 0 Å². The highest BCUT2D eigenvalue weighted by Gasteiger charge is 2.19. The zero-order chi connectivity index (χ0) is 39.1. The van der Waals surface area contributed by atoms with Gasteiger partial charge in [-0.3, -0.25) is 0 Å². The number of thiophene rings is 1. The lowest BCUT2D eigenvalue weighted by atomic mass is 9.97. The van der Waals surface area contributed by atoms with Crippen molar-refractivity contribution in [3.63, 3.8) is 0 Å². The van der Waals surface area contributed by atoms with E-state index in [-0.39, 0.29) is 0 Å². The first-order valence-electron chi connectivity index (χ1n) is 19.8. The molecule has 0 fully saturated rings. The van der Waals surface area contributed by atoms with Crippen LogP contribution in [0.25, 0.3) is 110 Å². The molecule has 3 nitrogen and oxygen atoms in total. The molecule has 0 unspecified atom stereocenters. The number of nitrogens with zero attached hydrogens (tertiary/aromatic N) is 3. The molecule has 276 valence electrons. The number of rotatable bonds is 7. The van der Waals surface area contributed by atoms with Crippen molar-refractivity contribution in [1.82, 2.24) is 15.0 Å². The van der Waals surface area contributed by atoms with E-state index in [1.165, 1.54) is 42.2 Å². The third-order valence-electron chi connectivity index (χ3n) is 11.1. The van der Waals surface area contributed by atoms with Gasteiger partial charge in [0.15, 0.2) is 5.82 Å². The number of aromatic nitrogens is 3. The van der Waals surface area contributed by atoms with Gasteiger partial charge in [0.2, 0.25) is 0 Å². The molecule has 0 spiro atoms. The van der Waals surface area contributed by atoms with Gasteiger partial charge in [-0.05, 0) is 46.0 Å². The van der Waals surface area contributed by atoms with Crippen LogP contribution in [0.5, 0.6) is 0 Å². The Morgan fingerprint density at radius 1 is 0.322 bits per heavy atom. The van der Waals surface area contributed by atoms with Gasteiger partial charge in [0, 0.05) is 48.7 Å². The van der Waals surface area contributed by atoms with Crippen LogP contribution in [0.1, 0.15) is 0 Å². The van der Waals surface area contributed by atoms with Gasteiger partial charge in [0.1, 0.15) is 0 Å². The maximum Gasteiger partial charge on any atom is 0.160 e. The Balaban J connectivity index is 1.08. The van der Waals surface area contributed by atoms with E-state index in [0.29, 0.717) is 5.82 Å². The standard InChI is InChI=1S/C55H35N3S/c1-4-14-36(15-5-1)38-26-30-41(31-27-38)48-35-49(57-55(56-48)42-32-28-39(29-33-42)37-16-6-2-7-17-37)43-20-12-21-44(34-43)52-54-51(46-22-10-11-25-50(46)59-54)47-24-13-23-45(53(47)58-52)40-18-8-3-9-19-40/h1-35H. The first-order valence-corrected chi connectivity index (χ1v) is 20.7. The van der Waals surface area contributed by atoms with Crippen molar-refractivity contribution >= 4 is 42.4 Å². The molecule has 0 amide bonds. The summed E-state index contributed by atoms with van der Waals surface area (Å²) >= 11 is 1.81. The predicted octanol–water partition coefficient (Wildman–Crippen LogP) is 15.1. The minimum absolute atomic E-state index is 0.679. The van der Waals surface area contributed by atoms with E-state index in [1.54, 1.807) is 0 Å². The second-order valence-electron chi connectivity index (χ2n) is 14.8. The van der Waals surface area contributed by atoms with E-state index in [4.69, 9.17) is 15.0 Å². The highest BCUT2D eigenvalue weighted by Crippen LogP contribution is 2.45. The van der Waals surface area contributed by atoms with Crippen LogP contribution in [0.4, 0.5) is 0 Å². The number of hydrogen-bond acceptors (Lipinski definition) is 4. The molecule has 0 N–H and O–H groups in total. The average Bonchev–Trinajstić information content (AvgIpc) is 3.72. The van der Waals surface area contributed by atoms with Gasteiger partial charge in [-0.15, -0.1) is 11.3 Å². The fourth-order valence-electron chi connectivity index (χ4n) is 8.16. The molecule has 3 heterocycles. The van der Waals surface area contributed by atoms with Crippen molar-refractivity contribution in [2.45, 2.75) is 0 Å². The number of pyridine rings is 1. The Kier molecular flexibility index (Phi) is 8.68. The molecule has 0 bridgehead atoms. The Morgan fingerprint density at radius 2 is 0.814 bits per heavy atom. The molecule has 0 atom stereocenters. The first-order chi connectivity index (χ1) is 29.2. The van der Waals surface area contributed by atoms with Crippen molar-refractivity contribution in [1.29, 1.82) is 0 Å². The van der Waals surface area contributed by atoms with Gasteiger partial charge >= 0.3 is 0 Å². The molecule has 59 heavy (non-hydrogen) atoms. The second kappa shape index (κ2) is 14.8. The van der Waals surface area contributed by atoms with E-state index >= 15 is 0 Å². The minimum atomic E-state index is 0.679. The van der Waals surface area contributed by atoms with Crippen LogP contribution in [0, 0.1) is 0 Å². The zero-order valence-corrected chi connectivity index (χ0v) is 32.8. The molecule has 11 rings (SSSR count). The molecule has 0 saturated carbocycles. The highest BCUT2D eigenvalue weighted by atomic mass is 32.1. The summed E-state index contributed by atoms with van der Waals surface area (Å²) in [6.45, 7) is 0. The molecular formula is C55H35N3S. The topological polar surface area (TPSA) is 38.7 Å². The maximum atomic E-state index is 5.55. The molecule has 3 aromatic heterocycles. The number of fused-ring (bicyclic) bond motifs is 5. The summed E-state index contributed by atoms with van der Waals surface area (Å²) in [6.07, 6.45) is 0. The molecule has 0 aliphatic carbocycles. The third kappa shape index (κ3) is 6.46. The summed E-state index contributed by atoms with van der Waals surface area (Å²) < 4.78 is 2.43. The molecule has 0 saturated heterocycles. The van der Waals surface area contributed by atoms with Crippen LogP contribution in [0.15, 0.2) is 212 Å². The molecule has 0 aliphatic heterocycles. The van der Waals surface area contributed by atoms with Gasteiger partial charge in [0.25, 0.3) is 0 Å². The monoisotopic (exact) mass is 769 g/mol. The van der Waals surface area contributed by atoms with E-state index in [2.05, 4.69) is 200 Å². The second-order valence-corrected chi connectivity index (χ2v) is 15.8. The molecule has 0 aliphatic rings. The van der Waals surface area contributed by atoms with E-state index < -0.39 is 0 Å². The average molecular weight is 770 g/mol. The summed E-state index contributed by atoms with van der Waals surface area (Å²) in [5.74, 6) is 0.679. The van der Waals surface area contributed by atoms with Crippen molar-refractivity contribution in [2.75, 3.05) is 0 Å². The minimum Gasteiger partial charge on any atom is -0.246 e. The van der Waals surface area contributed by atoms with Gasteiger partial charge < -0.3 is 0 Å². The quantitative estimate of drug-likeness (QED) is 0.162. The fourth-order valence-corrected chi connectivity index (χ4v) is 9.39. The van der Waals surface area contributed by atoms with Crippen LogP contribution in [0.2, 0.25) is 0 Å². The maximum absolute atomic E-state index is 5.55. The van der Waals surface area contributed by atoms with E-state index in [9.17, 15) is 0 Å². The molecule has 11 aromatic rings. The van der Waals surface area contributed by atoms with E-state index in [0.717, 1.165) is 61.5 Å². The number of hydrogen-bond donors (Lipinski definition) is 0. The summed E-state index contributed by atoms with van der Waals surface area (Å²) in [5.41, 5.74) is 14.7. The SMILES string of the molecule is c1ccc(-c2ccc(-c3cc(-c4cccc(-c5nc6c(-c7ccccc7)cccc6c6c5sc5ccccc56)c4)nc(-c4ccc(-c5ccccc5)cc4)n3)cc2)cc1. The first kappa shape index (κ1) is 34.7. The van der Waals surface area contributed by atoms with Gasteiger partial charge in [0.05, 0.1) is 27.3 Å². The molecule has 4 heteroatoms. The summed E-state index contributed by atoms with van der Waals surface area (Å²) in [6, 6.07) is 74.9. The van der Waals surface area contributed by atoms with Crippen LogP contribution >= 0.6 is 11.3 Å². The predicted molar refractivity (Wildman–Crippen MR) is 248 cm³/mol. The van der Waals surface area contributed by atoms with Crippen molar-refractivity contribution < 1.29 is 0 Å². The summed E-state index contributed by atoms with van der Waals surface area (Å²) in [7, 11) is 0. The Labute approximate surface area is 346 Å². The van der Waals surface area contributed by atoms with Gasteiger partial charge in [-0.2, -0.15) is 0 Å². The van der Waals surface area contributed by atoms with Crippen molar-refractivity contribution in [3.8, 4) is 78.5 Å². The largest absolute Gasteiger partial charge is 0.246 e. The van der Waals surface area contributed by atoms with Crippen molar-refractivity contribution in [2.24, 2.45) is 0 Å². The molecule has 8 aromatic carbocycles. The Bertz CT molecular complexity index is 3180. The van der Waals surface area contributed by atoms with E-state index in [1.807, 2.05) is 23.5 Å². The highest BCUT2D eigenvalue weighted by molar-refractivity contribution is 7.26. The third-order valence-corrected chi connectivity index (χ3v) is 12.3. The molecular weight excluding hydrogens is 735 g/mol. The Hall–Kier alpha value is -7.53. The lowest BCUT2D eigenvalue weighted by Crippen LogP contribution is -1.96.